The second-order valence-corrected chi connectivity index (χ2v) is 20.0. The molecule has 7 aromatic rings. The van der Waals surface area contributed by atoms with E-state index in [0.29, 0.717) is 80.9 Å². The molecule has 3 aromatic heterocycles. The molecule has 5 N–H and O–H groups in total. The maximum atomic E-state index is 11.8. The predicted octanol–water partition coefficient (Wildman–Crippen LogP) is 9.70. The number of ether oxygens (including phenoxy) is 2. The van der Waals surface area contributed by atoms with Crippen LogP contribution in [0.3, 0.4) is 0 Å². The Labute approximate surface area is 403 Å². The standard InChI is InChI=1S/C41H45N13O9S5/c1-7-53(8-2)31-19-27(29(21-33(31)62-5)49-51-40-44-25-13-11-23(67(56,57)58)17-35(25)65-40)42-37-46-38(48-39(47-37)64-16-15-55)43-28-20-32(54(9-3)10-4)34(63-6)22-30(28)50-52-41-45-26-14-12-24(68(59,60)61)18-36(26)66-41/h11-14,17-22,55H,7-10,15-16H2,1-6H3,(H,56,57,58)(H,59,60,61)(H2,42,43,46,47,48)/b51-49+,52-50+. The van der Waals surface area contributed by atoms with Crippen molar-refractivity contribution in [1.29, 1.82) is 0 Å². The maximum Gasteiger partial charge on any atom is 0.294 e. The summed E-state index contributed by atoms with van der Waals surface area (Å²) >= 11 is 3.35. The molecule has 0 saturated heterocycles. The number of anilines is 6. The zero-order chi connectivity index (χ0) is 48.8. The van der Waals surface area contributed by atoms with E-state index >= 15 is 0 Å². The number of aliphatic hydroxyl groups is 1. The number of thiazole rings is 2. The fourth-order valence-corrected chi connectivity index (χ4v) is 10.1. The van der Waals surface area contributed by atoms with Crippen molar-refractivity contribution in [2.45, 2.75) is 42.6 Å². The molecule has 7 rings (SSSR count). The molecule has 3 heterocycles. The number of methoxy groups -OCH3 is 2. The molecule has 0 aliphatic carbocycles. The number of aromatic nitrogens is 5. The number of benzene rings is 4. The first-order chi connectivity index (χ1) is 32.6. The first-order valence-corrected chi connectivity index (χ1v) is 26.1. The molecule has 22 nitrogen and oxygen atoms in total. The minimum Gasteiger partial charge on any atom is -0.494 e. The van der Waals surface area contributed by atoms with Crippen molar-refractivity contribution in [2.75, 3.05) is 73.2 Å². The van der Waals surface area contributed by atoms with Crippen molar-refractivity contribution in [3.63, 3.8) is 0 Å². The molecule has 0 bridgehead atoms. The molecule has 68 heavy (non-hydrogen) atoms. The number of hydrogen-bond acceptors (Lipinski definition) is 23. The van der Waals surface area contributed by atoms with Gasteiger partial charge in [-0.3, -0.25) is 9.11 Å². The number of rotatable bonds is 21. The number of nitrogens with zero attached hydrogens (tertiary/aromatic N) is 11. The zero-order valence-corrected chi connectivity index (χ0v) is 41.4. The van der Waals surface area contributed by atoms with Crippen molar-refractivity contribution in [3.05, 3.63) is 60.7 Å². The molecule has 0 spiro atoms. The molecular weight excluding hydrogens is 979 g/mol. The van der Waals surface area contributed by atoms with E-state index in [2.05, 4.69) is 60.8 Å². The molecule has 0 radical (unpaired) electrons. The number of nitrogens with one attached hydrogen (secondary N) is 2. The highest BCUT2D eigenvalue weighted by atomic mass is 32.2. The van der Waals surface area contributed by atoms with E-state index in [1.54, 1.807) is 26.4 Å². The van der Waals surface area contributed by atoms with Crippen LogP contribution in [0.25, 0.3) is 20.4 Å². The summed E-state index contributed by atoms with van der Waals surface area (Å²) < 4.78 is 78.9. The number of aliphatic hydroxyl groups excluding tert-OH is 1. The Morgan fingerprint density at radius 3 is 1.41 bits per heavy atom. The van der Waals surface area contributed by atoms with Crippen LogP contribution in [0.2, 0.25) is 0 Å². The van der Waals surface area contributed by atoms with Gasteiger partial charge in [-0.2, -0.15) is 31.8 Å². The molecule has 0 amide bonds. The second-order valence-electron chi connectivity index (χ2n) is 14.1. The van der Waals surface area contributed by atoms with Gasteiger partial charge >= 0.3 is 0 Å². The van der Waals surface area contributed by atoms with Crippen molar-refractivity contribution in [2.24, 2.45) is 20.5 Å². The summed E-state index contributed by atoms with van der Waals surface area (Å²) in [5.74, 6) is 1.46. The van der Waals surface area contributed by atoms with Crippen LogP contribution in [0.15, 0.2) is 96.1 Å². The topological polar surface area (TPSA) is 292 Å². The Bertz CT molecular complexity index is 3040. The van der Waals surface area contributed by atoms with E-state index in [9.17, 15) is 31.0 Å². The molecule has 0 aliphatic heterocycles. The van der Waals surface area contributed by atoms with Crippen LogP contribution in [-0.2, 0) is 20.2 Å². The molecule has 358 valence electrons. The van der Waals surface area contributed by atoms with E-state index < -0.39 is 20.2 Å². The van der Waals surface area contributed by atoms with Crippen molar-refractivity contribution in [1.82, 2.24) is 24.9 Å². The Morgan fingerprint density at radius 1 is 0.618 bits per heavy atom. The van der Waals surface area contributed by atoms with Crippen LogP contribution in [0, 0.1) is 0 Å². The van der Waals surface area contributed by atoms with Gasteiger partial charge in [0.05, 0.1) is 73.8 Å². The Hall–Kier alpha value is -6.20. The van der Waals surface area contributed by atoms with E-state index in [-0.39, 0.29) is 49.5 Å². The SMILES string of the molecule is CCN(CC)c1cc(Nc2nc(Nc3cc(N(CC)CC)c(OC)cc3/N=N/c3nc4ccc(S(=O)(=O)O)cc4s3)nc(SCCO)n2)c(/N=N/c2nc3ccc(S(=O)(=O)O)cc3s2)cc1OC. The third-order valence-corrected chi connectivity index (χ3v) is 14.3. The molecular formula is C41H45N13O9S5. The summed E-state index contributed by atoms with van der Waals surface area (Å²) in [5.41, 5.74) is 3.85. The van der Waals surface area contributed by atoms with Crippen molar-refractivity contribution < 1.29 is 40.5 Å². The third kappa shape index (κ3) is 11.5. The van der Waals surface area contributed by atoms with E-state index in [4.69, 9.17) is 14.5 Å². The average molecular weight is 1020 g/mol. The summed E-state index contributed by atoms with van der Waals surface area (Å²) in [6.45, 7) is 10.5. The van der Waals surface area contributed by atoms with Gasteiger partial charge in [0.1, 0.15) is 22.9 Å². The van der Waals surface area contributed by atoms with Gasteiger partial charge in [-0.05, 0) is 76.2 Å². The maximum absolute atomic E-state index is 11.8. The lowest BCUT2D eigenvalue weighted by atomic mass is 10.2. The highest BCUT2D eigenvalue weighted by Gasteiger charge is 2.21. The molecule has 4 aromatic carbocycles. The molecule has 0 saturated carbocycles. The fraction of sp³-hybridized carbons (Fsp3) is 0.293. The molecule has 27 heteroatoms. The minimum atomic E-state index is -4.44. The van der Waals surface area contributed by atoms with Crippen molar-refractivity contribution >= 4 is 131 Å². The van der Waals surface area contributed by atoms with Gasteiger partial charge in [-0.15, -0.1) is 20.5 Å². The van der Waals surface area contributed by atoms with Gasteiger partial charge in [-0.1, -0.05) is 34.4 Å². The molecule has 0 aliphatic rings. The number of azo groups is 2. The smallest absolute Gasteiger partial charge is 0.294 e. The largest absolute Gasteiger partial charge is 0.494 e. The van der Waals surface area contributed by atoms with Crippen LogP contribution in [0.4, 0.5) is 56.3 Å². The number of fused-ring (bicyclic) bond motifs is 2. The van der Waals surface area contributed by atoms with Crippen LogP contribution in [0.5, 0.6) is 11.5 Å². The fourth-order valence-electron chi connectivity index (χ4n) is 6.73. The predicted molar refractivity (Wildman–Crippen MR) is 265 cm³/mol. The number of thioether (sulfide) groups is 1. The van der Waals surface area contributed by atoms with Gasteiger partial charge in [0.25, 0.3) is 20.2 Å². The normalized spacial score (nSPS) is 12.1. The highest BCUT2D eigenvalue weighted by Crippen LogP contribution is 2.43. The lowest BCUT2D eigenvalue weighted by Gasteiger charge is -2.25. The first-order valence-electron chi connectivity index (χ1n) is 20.6. The van der Waals surface area contributed by atoms with E-state index in [1.807, 2.05) is 39.8 Å². The molecule has 0 unspecified atom stereocenters. The van der Waals surface area contributed by atoms with Crippen LogP contribution in [-0.4, -0.2) is 109 Å². The van der Waals surface area contributed by atoms with E-state index in [1.165, 1.54) is 48.2 Å². The van der Waals surface area contributed by atoms with E-state index in [0.717, 1.165) is 34.0 Å². The van der Waals surface area contributed by atoms with Gasteiger partial charge in [0.2, 0.25) is 22.2 Å². The van der Waals surface area contributed by atoms with Crippen LogP contribution in [0.1, 0.15) is 27.7 Å². The summed E-state index contributed by atoms with van der Waals surface area (Å²) in [6, 6.07) is 15.1. The summed E-state index contributed by atoms with van der Waals surface area (Å²) in [7, 11) is -5.78. The summed E-state index contributed by atoms with van der Waals surface area (Å²) in [5, 5.41) is 34.9. The van der Waals surface area contributed by atoms with Crippen LogP contribution >= 0.6 is 34.4 Å². The van der Waals surface area contributed by atoms with Gasteiger partial charge < -0.3 is 35.0 Å². The average Bonchev–Trinajstić information content (AvgIpc) is 3.93. The first kappa shape index (κ1) is 49.7. The minimum absolute atomic E-state index is 0.0900. The monoisotopic (exact) mass is 1020 g/mol. The quantitative estimate of drug-likeness (QED) is 0.0254. The van der Waals surface area contributed by atoms with Crippen molar-refractivity contribution in [3.8, 4) is 11.5 Å². The Balaban J connectivity index is 1.31. The molecule has 0 atom stereocenters. The zero-order valence-electron chi connectivity index (χ0n) is 37.3. The number of hydrogen-bond donors (Lipinski definition) is 5. The lowest BCUT2D eigenvalue weighted by molar-refractivity contribution is 0.322. The second kappa shape index (κ2) is 21.4. The third-order valence-electron chi connectivity index (χ3n) is 10.0. The summed E-state index contributed by atoms with van der Waals surface area (Å²) in [6.07, 6.45) is 0. The van der Waals surface area contributed by atoms with Gasteiger partial charge in [0.15, 0.2) is 5.16 Å². The van der Waals surface area contributed by atoms with Gasteiger partial charge in [-0.25, -0.2) is 9.97 Å². The Morgan fingerprint density at radius 2 is 1.04 bits per heavy atom. The Kier molecular flexibility index (Phi) is 15.6. The van der Waals surface area contributed by atoms with Crippen LogP contribution < -0.4 is 29.9 Å². The lowest BCUT2D eigenvalue weighted by Crippen LogP contribution is -2.22. The van der Waals surface area contributed by atoms with Gasteiger partial charge in [0, 0.05) is 44.1 Å². The molecule has 0 fully saturated rings. The summed E-state index contributed by atoms with van der Waals surface area (Å²) in [4.78, 5) is 26.7. The highest BCUT2D eigenvalue weighted by molar-refractivity contribution is 7.99.